The molecule has 0 aliphatic carbocycles. The molecule has 0 radical (unpaired) electrons. The van der Waals surface area contributed by atoms with Gasteiger partial charge in [0.25, 0.3) is 5.89 Å². The standard InChI is InChI=1S/C10H9ClFN3O/c11-7-2-1-6(5-8(7)12)10-14-9(3-4-13)15-16-10/h1-2,5H,3-4,13H2. The predicted molar refractivity (Wildman–Crippen MR) is 57.5 cm³/mol. The van der Waals surface area contributed by atoms with E-state index in [9.17, 15) is 4.39 Å². The topological polar surface area (TPSA) is 64.9 Å². The average molecular weight is 242 g/mol. The molecule has 0 amide bonds. The number of aromatic nitrogens is 2. The van der Waals surface area contributed by atoms with E-state index in [1.165, 1.54) is 12.1 Å². The molecule has 6 heteroatoms. The van der Waals surface area contributed by atoms with E-state index in [4.69, 9.17) is 21.9 Å². The Morgan fingerprint density at radius 1 is 1.44 bits per heavy atom. The third-order valence-electron chi connectivity index (χ3n) is 2.00. The molecule has 2 aromatic rings. The van der Waals surface area contributed by atoms with Crippen molar-refractivity contribution in [1.29, 1.82) is 0 Å². The lowest BCUT2D eigenvalue weighted by Crippen LogP contribution is -2.03. The largest absolute Gasteiger partial charge is 0.334 e. The number of hydrogen-bond acceptors (Lipinski definition) is 4. The van der Waals surface area contributed by atoms with Crippen LogP contribution in [0.25, 0.3) is 11.5 Å². The van der Waals surface area contributed by atoms with Crippen molar-refractivity contribution >= 4 is 11.6 Å². The van der Waals surface area contributed by atoms with Crippen LogP contribution in [-0.2, 0) is 6.42 Å². The monoisotopic (exact) mass is 241 g/mol. The first-order valence-corrected chi connectivity index (χ1v) is 5.06. The van der Waals surface area contributed by atoms with Crippen molar-refractivity contribution in [3.8, 4) is 11.5 Å². The van der Waals surface area contributed by atoms with Crippen LogP contribution in [0, 0.1) is 5.82 Å². The van der Waals surface area contributed by atoms with E-state index in [-0.39, 0.29) is 10.9 Å². The molecule has 0 saturated carbocycles. The van der Waals surface area contributed by atoms with Gasteiger partial charge in [-0.2, -0.15) is 4.98 Å². The third-order valence-corrected chi connectivity index (χ3v) is 2.31. The van der Waals surface area contributed by atoms with E-state index in [0.717, 1.165) is 0 Å². The minimum Gasteiger partial charge on any atom is -0.334 e. The minimum atomic E-state index is -0.516. The molecule has 0 unspecified atom stereocenters. The molecule has 2 rings (SSSR count). The molecule has 0 spiro atoms. The average Bonchev–Trinajstić information content (AvgIpc) is 2.71. The minimum absolute atomic E-state index is 0.0606. The SMILES string of the molecule is NCCc1noc(-c2ccc(Cl)c(F)c2)n1. The maximum Gasteiger partial charge on any atom is 0.258 e. The van der Waals surface area contributed by atoms with Gasteiger partial charge in [-0.3, -0.25) is 0 Å². The van der Waals surface area contributed by atoms with E-state index in [0.29, 0.717) is 24.4 Å². The Balaban J connectivity index is 2.31. The molecule has 0 atom stereocenters. The highest BCUT2D eigenvalue weighted by Gasteiger charge is 2.10. The highest BCUT2D eigenvalue weighted by molar-refractivity contribution is 6.30. The van der Waals surface area contributed by atoms with Crippen LogP contribution in [0.5, 0.6) is 0 Å². The van der Waals surface area contributed by atoms with Crippen LogP contribution in [0.2, 0.25) is 5.02 Å². The fourth-order valence-electron chi connectivity index (χ4n) is 1.23. The van der Waals surface area contributed by atoms with Crippen molar-refractivity contribution in [2.45, 2.75) is 6.42 Å². The number of nitrogens with two attached hydrogens (primary N) is 1. The molecular weight excluding hydrogens is 233 g/mol. The smallest absolute Gasteiger partial charge is 0.258 e. The Bertz CT molecular complexity index is 501. The van der Waals surface area contributed by atoms with Crippen LogP contribution in [-0.4, -0.2) is 16.7 Å². The second kappa shape index (κ2) is 4.59. The molecule has 0 aliphatic rings. The maximum atomic E-state index is 13.2. The molecular formula is C10H9ClFN3O. The Morgan fingerprint density at radius 3 is 2.94 bits per heavy atom. The molecule has 1 aromatic carbocycles. The van der Waals surface area contributed by atoms with Gasteiger partial charge in [0, 0.05) is 12.0 Å². The van der Waals surface area contributed by atoms with E-state index in [1.807, 2.05) is 0 Å². The Hall–Kier alpha value is -1.46. The maximum absolute atomic E-state index is 13.2. The molecule has 0 fully saturated rings. The van der Waals surface area contributed by atoms with Crippen LogP contribution in [0.1, 0.15) is 5.82 Å². The summed E-state index contributed by atoms with van der Waals surface area (Å²) in [6.07, 6.45) is 0.527. The normalized spacial score (nSPS) is 10.7. The van der Waals surface area contributed by atoms with Crippen LogP contribution in [0.3, 0.4) is 0 Å². The molecule has 0 saturated heterocycles. The first-order chi connectivity index (χ1) is 7.70. The van der Waals surface area contributed by atoms with Gasteiger partial charge in [0.1, 0.15) is 5.82 Å². The van der Waals surface area contributed by atoms with Gasteiger partial charge in [-0.1, -0.05) is 16.8 Å². The number of nitrogens with zero attached hydrogens (tertiary/aromatic N) is 2. The summed E-state index contributed by atoms with van der Waals surface area (Å²) in [5.74, 6) is 0.254. The van der Waals surface area contributed by atoms with Crippen molar-refractivity contribution in [1.82, 2.24) is 10.1 Å². The molecule has 16 heavy (non-hydrogen) atoms. The van der Waals surface area contributed by atoms with E-state index >= 15 is 0 Å². The number of benzene rings is 1. The molecule has 1 heterocycles. The quantitative estimate of drug-likeness (QED) is 0.893. The molecule has 84 valence electrons. The summed E-state index contributed by atoms with van der Waals surface area (Å²) in [6.45, 7) is 0.438. The first kappa shape index (κ1) is 11.0. The van der Waals surface area contributed by atoms with Crippen LogP contribution >= 0.6 is 11.6 Å². The van der Waals surface area contributed by atoms with Crippen LogP contribution in [0.4, 0.5) is 4.39 Å². The summed E-state index contributed by atoms with van der Waals surface area (Å²) in [4.78, 5) is 4.07. The summed E-state index contributed by atoms with van der Waals surface area (Å²) in [6, 6.07) is 4.31. The Labute approximate surface area is 96.2 Å². The molecule has 2 N–H and O–H groups in total. The number of halogens is 2. The molecule has 1 aromatic heterocycles. The summed E-state index contributed by atoms with van der Waals surface area (Å²) in [7, 11) is 0. The molecule has 0 bridgehead atoms. The van der Waals surface area contributed by atoms with Gasteiger partial charge in [0.2, 0.25) is 0 Å². The number of rotatable bonds is 3. The zero-order valence-corrected chi connectivity index (χ0v) is 9.04. The van der Waals surface area contributed by atoms with Gasteiger partial charge >= 0.3 is 0 Å². The third kappa shape index (κ3) is 2.20. The lowest BCUT2D eigenvalue weighted by molar-refractivity contribution is 0.422. The highest BCUT2D eigenvalue weighted by atomic mass is 35.5. The zero-order valence-electron chi connectivity index (χ0n) is 8.28. The van der Waals surface area contributed by atoms with E-state index in [2.05, 4.69) is 10.1 Å². The van der Waals surface area contributed by atoms with Crippen LogP contribution < -0.4 is 5.73 Å². The van der Waals surface area contributed by atoms with E-state index in [1.54, 1.807) is 6.07 Å². The lowest BCUT2D eigenvalue weighted by Gasteiger charge is -1.96. The fraction of sp³-hybridized carbons (Fsp3) is 0.200. The van der Waals surface area contributed by atoms with Gasteiger partial charge in [-0.15, -0.1) is 0 Å². The zero-order chi connectivity index (χ0) is 11.5. The predicted octanol–water partition coefficient (Wildman–Crippen LogP) is 2.03. The van der Waals surface area contributed by atoms with Gasteiger partial charge in [0.05, 0.1) is 5.02 Å². The lowest BCUT2D eigenvalue weighted by atomic mass is 10.2. The van der Waals surface area contributed by atoms with Crippen molar-refractivity contribution < 1.29 is 8.91 Å². The molecule has 0 aliphatic heterocycles. The van der Waals surface area contributed by atoms with Crippen molar-refractivity contribution in [3.05, 3.63) is 34.9 Å². The van der Waals surface area contributed by atoms with Gasteiger partial charge in [0.15, 0.2) is 5.82 Å². The second-order valence-electron chi connectivity index (χ2n) is 3.18. The van der Waals surface area contributed by atoms with Gasteiger partial charge < -0.3 is 10.3 Å². The summed E-state index contributed by atoms with van der Waals surface area (Å²) in [5.41, 5.74) is 5.85. The van der Waals surface area contributed by atoms with Crippen LogP contribution in [0.15, 0.2) is 22.7 Å². The Kier molecular flexibility index (Phi) is 3.17. The van der Waals surface area contributed by atoms with Gasteiger partial charge in [-0.25, -0.2) is 4.39 Å². The first-order valence-electron chi connectivity index (χ1n) is 4.69. The van der Waals surface area contributed by atoms with Crippen molar-refractivity contribution in [2.75, 3.05) is 6.54 Å². The Morgan fingerprint density at radius 2 is 2.25 bits per heavy atom. The van der Waals surface area contributed by atoms with Crippen molar-refractivity contribution in [3.63, 3.8) is 0 Å². The summed E-state index contributed by atoms with van der Waals surface area (Å²) in [5, 5.41) is 3.77. The summed E-state index contributed by atoms with van der Waals surface area (Å²) < 4.78 is 18.1. The molecule has 4 nitrogen and oxygen atoms in total. The fourth-order valence-corrected chi connectivity index (χ4v) is 1.35. The summed E-state index contributed by atoms with van der Waals surface area (Å²) >= 11 is 5.56. The van der Waals surface area contributed by atoms with E-state index < -0.39 is 5.82 Å². The van der Waals surface area contributed by atoms with Crippen molar-refractivity contribution in [2.24, 2.45) is 5.73 Å². The second-order valence-corrected chi connectivity index (χ2v) is 3.59. The number of hydrogen-bond donors (Lipinski definition) is 1. The highest BCUT2D eigenvalue weighted by Crippen LogP contribution is 2.22. The van der Waals surface area contributed by atoms with Gasteiger partial charge in [-0.05, 0) is 24.7 Å².